The van der Waals surface area contributed by atoms with Crippen LogP contribution in [0.4, 0.5) is 22.0 Å². The van der Waals surface area contributed by atoms with Crippen molar-refractivity contribution < 1.29 is 26.7 Å². The Morgan fingerprint density at radius 1 is 0.950 bits per heavy atom. The minimum Gasteiger partial charge on any atom is -0.287 e. The monoisotopic (exact) mass is 306 g/mol. The van der Waals surface area contributed by atoms with Gasteiger partial charge in [-0.3, -0.25) is 4.79 Å². The van der Waals surface area contributed by atoms with Crippen molar-refractivity contribution in [2.75, 3.05) is 0 Å². The molecule has 0 fully saturated rings. The van der Waals surface area contributed by atoms with Crippen molar-refractivity contribution in [3.05, 3.63) is 57.8 Å². The summed E-state index contributed by atoms with van der Waals surface area (Å²) in [6.07, 6.45) is -4.57. The van der Waals surface area contributed by atoms with E-state index in [2.05, 4.69) is 0 Å². The Morgan fingerprint density at radius 2 is 1.55 bits per heavy atom. The first kappa shape index (κ1) is 14.6. The molecule has 0 aliphatic carbocycles. The molecule has 7 heteroatoms. The summed E-state index contributed by atoms with van der Waals surface area (Å²) in [7, 11) is 0. The van der Waals surface area contributed by atoms with Crippen LogP contribution in [0.15, 0.2) is 41.8 Å². The summed E-state index contributed by atoms with van der Waals surface area (Å²) in [5.74, 6) is -5.26. The van der Waals surface area contributed by atoms with Crippen LogP contribution >= 0.6 is 11.3 Å². The third-order valence-electron chi connectivity index (χ3n) is 2.59. The summed E-state index contributed by atoms with van der Waals surface area (Å²) in [6, 6.07) is 5.20. The van der Waals surface area contributed by atoms with Gasteiger partial charge in [-0.15, -0.1) is 11.3 Å². The van der Waals surface area contributed by atoms with Crippen molar-refractivity contribution in [3.8, 4) is 0 Å². The summed E-state index contributed by atoms with van der Waals surface area (Å²) in [6.45, 7) is 0. The Bertz CT molecular complexity index is 599. The molecular formula is C13H7F5OS. The van der Waals surface area contributed by atoms with Crippen LogP contribution in [-0.2, 0) is 12.1 Å². The largest absolute Gasteiger partial charge is 0.416 e. The van der Waals surface area contributed by atoms with E-state index in [1.54, 1.807) is 0 Å². The molecule has 0 saturated heterocycles. The third-order valence-corrected chi connectivity index (χ3v) is 3.53. The van der Waals surface area contributed by atoms with E-state index >= 15 is 0 Å². The standard InChI is InChI=1S/C13H7F5OS/c14-12(15,10-2-1-7-20-10)11(19)8-3-5-9(6-4-8)13(16,17)18/h1-7H. The van der Waals surface area contributed by atoms with Crippen LogP contribution in [0, 0.1) is 0 Å². The average Bonchev–Trinajstić information content (AvgIpc) is 2.91. The second-order valence-electron chi connectivity index (χ2n) is 3.96. The molecule has 0 saturated carbocycles. The maximum Gasteiger partial charge on any atom is 0.416 e. The summed E-state index contributed by atoms with van der Waals surface area (Å²) in [4.78, 5) is 11.3. The number of rotatable bonds is 3. The fraction of sp³-hybridized carbons (Fsp3) is 0.154. The van der Waals surface area contributed by atoms with Gasteiger partial charge in [-0.2, -0.15) is 22.0 Å². The lowest BCUT2D eigenvalue weighted by Crippen LogP contribution is -2.25. The van der Waals surface area contributed by atoms with Crippen molar-refractivity contribution in [3.63, 3.8) is 0 Å². The Labute approximate surface area is 114 Å². The van der Waals surface area contributed by atoms with Gasteiger partial charge in [-0.25, -0.2) is 0 Å². The van der Waals surface area contributed by atoms with Crippen molar-refractivity contribution in [1.29, 1.82) is 0 Å². The maximum atomic E-state index is 13.8. The smallest absolute Gasteiger partial charge is 0.287 e. The Balaban J connectivity index is 2.30. The molecule has 1 nitrogen and oxygen atoms in total. The Kier molecular flexibility index (Phi) is 3.64. The van der Waals surface area contributed by atoms with Gasteiger partial charge in [0.25, 0.3) is 0 Å². The second-order valence-corrected chi connectivity index (χ2v) is 4.90. The molecule has 1 heterocycles. The van der Waals surface area contributed by atoms with Gasteiger partial charge < -0.3 is 0 Å². The minimum atomic E-state index is -4.57. The van der Waals surface area contributed by atoms with Crippen LogP contribution in [0.1, 0.15) is 20.8 Å². The van der Waals surface area contributed by atoms with E-state index in [9.17, 15) is 26.7 Å². The highest BCUT2D eigenvalue weighted by Gasteiger charge is 2.42. The molecule has 0 N–H and O–H groups in total. The normalized spacial score (nSPS) is 12.4. The van der Waals surface area contributed by atoms with Crippen LogP contribution in [0.5, 0.6) is 0 Å². The van der Waals surface area contributed by atoms with E-state index in [1.165, 1.54) is 11.4 Å². The molecule has 0 spiro atoms. The Hall–Kier alpha value is -1.76. The van der Waals surface area contributed by atoms with Gasteiger partial charge in [-0.1, -0.05) is 18.2 Å². The molecule has 1 aromatic carbocycles. The van der Waals surface area contributed by atoms with Gasteiger partial charge in [0.1, 0.15) is 0 Å². The van der Waals surface area contributed by atoms with Crippen molar-refractivity contribution in [2.45, 2.75) is 12.1 Å². The molecule has 0 radical (unpaired) electrons. The highest BCUT2D eigenvalue weighted by atomic mass is 32.1. The molecule has 2 rings (SSSR count). The van der Waals surface area contributed by atoms with E-state index in [1.807, 2.05) is 0 Å². The number of hydrogen-bond acceptors (Lipinski definition) is 2. The third kappa shape index (κ3) is 2.72. The van der Waals surface area contributed by atoms with Crippen LogP contribution in [0.25, 0.3) is 0 Å². The molecule has 20 heavy (non-hydrogen) atoms. The lowest BCUT2D eigenvalue weighted by atomic mass is 10.0. The Morgan fingerprint density at radius 3 is 2.00 bits per heavy atom. The van der Waals surface area contributed by atoms with Gasteiger partial charge in [0.15, 0.2) is 0 Å². The first-order valence-corrected chi connectivity index (χ1v) is 6.25. The summed E-state index contributed by atoms with van der Waals surface area (Å²) in [5.41, 5.74) is -1.45. The fourth-order valence-corrected chi connectivity index (χ4v) is 2.26. The zero-order valence-electron chi connectivity index (χ0n) is 9.75. The molecule has 2 aromatic rings. The number of benzene rings is 1. The van der Waals surface area contributed by atoms with Crippen LogP contribution < -0.4 is 0 Å². The highest BCUT2D eigenvalue weighted by molar-refractivity contribution is 7.10. The molecule has 0 amide bonds. The fourth-order valence-electron chi connectivity index (χ4n) is 1.56. The van der Waals surface area contributed by atoms with Crippen molar-refractivity contribution >= 4 is 17.1 Å². The average molecular weight is 306 g/mol. The van der Waals surface area contributed by atoms with E-state index in [0.29, 0.717) is 23.5 Å². The van der Waals surface area contributed by atoms with Gasteiger partial charge in [0, 0.05) is 5.56 Å². The van der Waals surface area contributed by atoms with Gasteiger partial charge in [0.05, 0.1) is 10.4 Å². The van der Waals surface area contributed by atoms with E-state index in [0.717, 1.165) is 18.2 Å². The SMILES string of the molecule is O=C(c1ccc(C(F)(F)F)cc1)C(F)(F)c1cccs1. The number of alkyl halides is 5. The highest BCUT2D eigenvalue weighted by Crippen LogP contribution is 2.35. The summed E-state index contributed by atoms with van der Waals surface area (Å²) in [5, 5.41) is 1.39. The van der Waals surface area contributed by atoms with E-state index in [4.69, 9.17) is 0 Å². The topological polar surface area (TPSA) is 17.1 Å². The van der Waals surface area contributed by atoms with E-state index in [-0.39, 0.29) is 0 Å². The maximum absolute atomic E-state index is 13.8. The van der Waals surface area contributed by atoms with Gasteiger partial charge in [0.2, 0.25) is 5.78 Å². The zero-order chi connectivity index (χ0) is 15.0. The second kappa shape index (κ2) is 4.97. The summed E-state index contributed by atoms with van der Waals surface area (Å²) >= 11 is 0.709. The molecule has 0 unspecified atom stereocenters. The zero-order valence-corrected chi connectivity index (χ0v) is 10.6. The number of thiophene rings is 1. The quantitative estimate of drug-likeness (QED) is 0.591. The molecular weight excluding hydrogens is 299 g/mol. The molecule has 0 bridgehead atoms. The molecule has 106 valence electrons. The number of halogens is 5. The predicted molar refractivity (Wildman–Crippen MR) is 64.0 cm³/mol. The summed E-state index contributed by atoms with van der Waals surface area (Å²) < 4.78 is 64.7. The number of carbonyl (C=O) groups excluding carboxylic acids is 1. The van der Waals surface area contributed by atoms with Crippen LogP contribution in [0.2, 0.25) is 0 Å². The lowest BCUT2D eigenvalue weighted by Gasteiger charge is -2.14. The molecule has 0 aliphatic rings. The first-order chi connectivity index (χ1) is 9.23. The van der Waals surface area contributed by atoms with Crippen LogP contribution in [0.3, 0.4) is 0 Å². The number of hydrogen-bond donors (Lipinski definition) is 0. The number of carbonyl (C=O) groups is 1. The van der Waals surface area contributed by atoms with Crippen molar-refractivity contribution in [2.24, 2.45) is 0 Å². The lowest BCUT2D eigenvalue weighted by molar-refractivity contribution is -0.137. The van der Waals surface area contributed by atoms with Crippen molar-refractivity contribution in [1.82, 2.24) is 0 Å². The molecule has 1 aromatic heterocycles. The molecule has 0 aliphatic heterocycles. The number of Topliss-reactive ketones (excluding diaryl/α,β-unsaturated/α-hetero) is 1. The van der Waals surface area contributed by atoms with E-state index < -0.39 is 33.9 Å². The minimum absolute atomic E-state index is 0.442. The predicted octanol–water partition coefficient (Wildman–Crippen LogP) is 4.74. The number of ketones is 1. The van der Waals surface area contributed by atoms with Gasteiger partial charge in [-0.05, 0) is 23.6 Å². The molecule has 0 atom stereocenters. The van der Waals surface area contributed by atoms with Gasteiger partial charge >= 0.3 is 12.1 Å². The van der Waals surface area contributed by atoms with Crippen LogP contribution in [-0.4, -0.2) is 5.78 Å². The first-order valence-electron chi connectivity index (χ1n) is 5.37.